The number of aromatic nitrogens is 6. The highest BCUT2D eigenvalue weighted by atomic mass is 15.2. The fourth-order valence-corrected chi connectivity index (χ4v) is 5.72. The molecule has 1 aromatic carbocycles. The number of pyridine rings is 2. The molecular formula is C32H31N7. The summed E-state index contributed by atoms with van der Waals surface area (Å²) in [5.74, 6) is 0.700. The highest BCUT2D eigenvalue weighted by Gasteiger charge is 2.18. The summed E-state index contributed by atoms with van der Waals surface area (Å²) in [5, 5.41) is 7.78. The largest absolute Gasteiger partial charge is 0.336 e. The lowest BCUT2D eigenvalue weighted by atomic mass is 10.1. The zero-order chi connectivity index (χ0) is 26.2. The molecule has 0 saturated carbocycles. The van der Waals surface area contributed by atoms with Gasteiger partial charge in [-0.05, 0) is 80.8 Å². The number of fused-ring (bicyclic) bond motifs is 2. The van der Waals surface area contributed by atoms with Gasteiger partial charge in [0, 0.05) is 30.1 Å². The predicted molar refractivity (Wildman–Crippen MR) is 157 cm³/mol. The molecule has 194 valence electrons. The quantitative estimate of drug-likeness (QED) is 0.273. The van der Waals surface area contributed by atoms with Gasteiger partial charge < -0.3 is 4.98 Å². The number of imidazole rings is 1. The van der Waals surface area contributed by atoms with E-state index in [9.17, 15) is 0 Å². The molecule has 0 radical (unpaired) electrons. The van der Waals surface area contributed by atoms with Crippen LogP contribution < -0.4 is 0 Å². The number of rotatable bonds is 5. The number of piperidine rings is 1. The van der Waals surface area contributed by atoms with E-state index in [-0.39, 0.29) is 0 Å². The van der Waals surface area contributed by atoms with Crippen molar-refractivity contribution in [3.63, 3.8) is 0 Å². The van der Waals surface area contributed by atoms with Gasteiger partial charge in [0.25, 0.3) is 0 Å². The molecule has 39 heavy (non-hydrogen) atoms. The van der Waals surface area contributed by atoms with Crippen LogP contribution in [0.4, 0.5) is 0 Å². The van der Waals surface area contributed by atoms with E-state index in [4.69, 9.17) is 9.97 Å². The summed E-state index contributed by atoms with van der Waals surface area (Å²) in [6.45, 7) is 5.58. The van der Waals surface area contributed by atoms with Gasteiger partial charge >= 0.3 is 0 Å². The third-order valence-electron chi connectivity index (χ3n) is 7.68. The van der Waals surface area contributed by atoms with E-state index in [1.54, 1.807) is 6.20 Å². The van der Waals surface area contributed by atoms with Crippen molar-refractivity contribution in [1.82, 2.24) is 35.0 Å². The molecule has 7 nitrogen and oxygen atoms in total. The van der Waals surface area contributed by atoms with Crippen LogP contribution in [0, 0.1) is 0 Å². The number of para-hydroxylation sites is 1. The smallest absolute Gasteiger partial charge is 0.161 e. The molecule has 2 aliphatic rings. The Hall–Kier alpha value is -4.36. The van der Waals surface area contributed by atoms with E-state index in [2.05, 4.69) is 74.5 Å². The molecule has 0 amide bonds. The van der Waals surface area contributed by atoms with Crippen molar-refractivity contribution < 1.29 is 0 Å². The molecule has 2 N–H and O–H groups in total. The van der Waals surface area contributed by atoms with E-state index >= 15 is 0 Å². The van der Waals surface area contributed by atoms with Crippen LogP contribution in [0.2, 0.25) is 0 Å². The summed E-state index contributed by atoms with van der Waals surface area (Å²) in [6, 6.07) is 14.3. The number of nitrogens with zero attached hydrogens (tertiary/aromatic N) is 5. The van der Waals surface area contributed by atoms with E-state index in [1.807, 2.05) is 24.4 Å². The van der Waals surface area contributed by atoms with E-state index < -0.39 is 0 Å². The maximum Gasteiger partial charge on any atom is 0.161 e. The summed E-state index contributed by atoms with van der Waals surface area (Å²) in [7, 11) is 0. The van der Waals surface area contributed by atoms with Crippen LogP contribution in [0.15, 0.2) is 84.2 Å². The summed E-state index contributed by atoms with van der Waals surface area (Å²) >= 11 is 0. The zero-order valence-corrected chi connectivity index (χ0v) is 22.1. The first-order valence-corrected chi connectivity index (χ1v) is 13.8. The molecule has 1 aliphatic carbocycles. The van der Waals surface area contributed by atoms with Crippen LogP contribution in [-0.2, 0) is 0 Å². The van der Waals surface area contributed by atoms with Crippen LogP contribution in [-0.4, -0.2) is 54.7 Å². The Morgan fingerprint density at radius 1 is 0.897 bits per heavy atom. The van der Waals surface area contributed by atoms with Crippen LogP contribution >= 0.6 is 0 Å². The molecule has 1 fully saturated rings. The van der Waals surface area contributed by atoms with Crippen molar-refractivity contribution >= 4 is 27.6 Å². The molecule has 7 rings (SSSR count). The Bertz CT molecular complexity index is 1750. The molecule has 0 atom stereocenters. The summed E-state index contributed by atoms with van der Waals surface area (Å²) in [6.07, 6.45) is 15.5. The van der Waals surface area contributed by atoms with Gasteiger partial charge in [-0.15, -0.1) is 0 Å². The van der Waals surface area contributed by atoms with Crippen molar-refractivity contribution in [3.05, 3.63) is 89.9 Å². The highest BCUT2D eigenvalue weighted by Crippen LogP contribution is 2.32. The SMILES string of the molecule is CC1=CC(CN2CCCCC2)=CC(c2ccc3[nH]nc(-c4nc5c(-c6cccnc6)cccc5[nH]4)c3n2)=CC1. The van der Waals surface area contributed by atoms with Crippen LogP contribution in [0.3, 0.4) is 0 Å². The standard InChI is InChI=1S/C32H31N7/c1-21-10-11-23(18-22(17-21)20-39-15-3-2-4-16-39)26-12-13-28-30(34-26)31(38-37-28)32-35-27-9-5-8-25(29(27)36-32)24-7-6-14-33-19-24/h5-9,11-14,17-19H,2-4,10,15-16,20H2,1H3,(H,35,36)(H,37,38). The Morgan fingerprint density at radius 2 is 1.82 bits per heavy atom. The second-order valence-corrected chi connectivity index (χ2v) is 10.6. The minimum atomic E-state index is 0.700. The van der Waals surface area contributed by atoms with E-state index in [0.29, 0.717) is 5.82 Å². The number of likely N-dealkylation sites (tertiary alicyclic amines) is 1. The maximum atomic E-state index is 5.12. The Balaban J connectivity index is 1.26. The number of hydrogen-bond acceptors (Lipinski definition) is 5. The molecule has 0 bridgehead atoms. The average Bonchev–Trinajstić information content (AvgIpc) is 3.55. The highest BCUT2D eigenvalue weighted by molar-refractivity contribution is 5.96. The summed E-state index contributed by atoms with van der Waals surface area (Å²) in [5.41, 5.74) is 11.2. The first-order chi connectivity index (χ1) is 19.2. The summed E-state index contributed by atoms with van der Waals surface area (Å²) in [4.78, 5) is 20.4. The number of nitrogens with one attached hydrogen (secondary N) is 2. The first-order valence-electron chi connectivity index (χ1n) is 13.8. The first kappa shape index (κ1) is 23.7. The molecule has 1 aliphatic heterocycles. The number of hydrogen-bond donors (Lipinski definition) is 2. The lowest BCUT2D eigenvalue weighted by Gasteiger charge is -2.26. The second-order valence-electron chi connectivity index (χ2n) is 10.6. The van der Waals surface area contributed by atoms with Crippen LogP contribution in [0.1, 0.15) is 38.3 Å². The minimum absolute atomic E-state index is 0.700. The van der Waals surface area contributed by atoms with Gasteiger partial charge in [0.1, 0.15) is 5.52 Å². The molecule has 5 heterocycles. The summed E-state index contributed by atoms with van der Waals surface area (Å²) < 4.78 is 0. The van der Waals surface area contributed by atoms with Gasteiger partial charge in [-0.3, -0.25) is 15.0 Å². The third kappa shape index (κ3) is 4.70. The Morgan fingerprint density at radius 3 is 2.69 bits per heavy atom. The molecule has 0 unspecified atom stereocenters. The number of H-pyrrole nitrogens is 2. The lowest BCUT2D eigenvalue weighted by molar-refractivity contribution is 0.248. The van der Waals surface area contributed by atoms with Crippen LogP contribution in [0.25, 0.3) is 50.3 Å². The number of allylic oxidation sites excluding steroid dienone is 4. The predicted octanol–water partition coefficient (Wildman–Crippen LogP) is 6.71. The van der Waals surface area contributed by atoms with Crippen molar-refractivity contribution in [2.75, 3.05) is 19.6 Å². The van der Waals surface area contributed by atoms with Gasteiger partial charge in [-0.25, -0.2) is 9.97 Å². The molecule has 7 heteroatoms. The van der Waals surface area contributed by atoms with Gasteiger partial charge in [0.15, 0.2) is 11.5 Å². The van der Waals surface area contributed by atoms with Crippen LogP contribution in [0.5, 0.6) is 0 Å². The van der Waals surface area contributed by atoms with Crippen molar-refractivity contribution in [2.45, 2.75) is 32.6 Å². The molecule has 5 aromatic rings. The fourth-order valence-electron chi connectivity index (χ4n) is 5.72. The molecule has 0 spiro atoms. The van der Waals surface area contributed by atoms with Crippen molar-refractivity contribution in [3.8, 4) is 22.6 Å². The second kappa shape index (κ2) is 10.1. The van der Waals surface area contributed by atoms with Gasteiger partial charge in [0.2, 0.25) is 0 Å². The van der Waals surface area contributed by atoms with Gasteiger partial charge in [-0.1, -0.05) is 42.3 Å². The third-order valence-corrected chi connectivity index (χ3v) is 7.68. The number of benzene rings is 1. The monoisotopic (exact) mass is 513 g/mol. The fraction of sp³-hybridized carbons (Fsp3) is 0.250. The Labute approximate surface area is 227 Å². The zero-order valence-electron chi connectivity index (χ0n) is 22.1. The molecule has 1 saturated heterocycles. The van der Waals surface area contributed by atoms with Crippen molar-refractivity contribution in [2.24, 2.45) is 0 Å². The Kier molecular flexibility index (Phi) is 6.13. The van der Waals surface area contributed by atoms with E-state index in [1.165, 1.54) is 43.5 Å². The lowest BCUT2D eigenvalue weighted by Crippen LogP contribution is -2.31. The molecular weight excluding hydrogens is 482 g/mol. The van der Waals surface area contributed by atoms with E-state index in [0.717, 1.165) is 63.1 Å². The van der Waals surface area contributed by atoms with Gasteiger partial charge in [-0.2, -0.15) is 5.10 Å². The van der Waals surface area contributed by atoms with Crippen molar-refractivity contribution in [1.29, 1.82) is 0 Å². The topological polar surface area (TPSA) is 86.4 Å². The maximum absolute atomic E-state index is 5.12. The normalized spacial score (nSPS) is 16.7. The number of aromatic amines is 2. The molecule has 4 aromatic heterocycles. The average molecular weight is 514 g/mol. The van der Waals surface area contributed by atoms with Gasteiger partial charge in [0.05, 0.1) is 22.2 Å². The minimum Gasteiger partial charge on any atom is -0.336 e.